The predicted octanol–water partition coefficient (Wildman–Crippen LogP) is 2.35. The zero-order valence-corrected chi connectivity index (χ0v) is 12.2. The maximum Gasteiger partial charge on any atom is 0.273 e. The maximum atomic E-state index is 12.2. The van der Waals surface area contributed by atoms with Gasteiger partial charge in [-0.15, -0.1) is 0 Å². The van der Waals surface area contributed by atoms with Gasteiger partial charge >= 0.3 is 0 Å². The topological polar surface area (TPSA) is 78.4 Å². The van der Waals surface area contributed by atoms with E-state index >= 15 is 0 Å². The number of aromatic hydroxyl groups is 1. The van der Waals surface area contributed by atoms with Crippen LogP contribution in [0.5, 0.6) is 5.75 Å². The summed E-state index contributed by atoms with van der Waals surface area (Å²) < 4.78 is 0. The molecule has 0 saturated carbocycles. The number of carbonyl (C=O) groups excluding carboxylic acids is 2. The van der Waals surface area contributed by atoms with Crippen molar-refractivity contribution >= 4 is 11.8 Å². The van der Waals surface area contributed by atoms with E-state index in [1.807, 2.05) is 37.3 Å². The largest absolute Gasteiger partial charge is 0.507 e. The van der Waals surface area contributed by atoms with Gasteiger partial charge in [-0.05, 0) is 24.1 Å². The molecule has 2 rings (SSSR count). The number of nitrogens with one attached hydrogen (secondary N) is 2. The van der Waals surface area contributed by atoms with Crippen molar-refractivity contribution in [3.63, 3.8) is 0 Å². The Kier molecular flexibility index (Phi) is 5.14. The number of amides is 2. The quantitative estimate of drug-likeness (QED) is 0.758. The molecule has 0 heterocycles. The van der Waals surface area contributed by atoms with E-state index in [4.69, 9.17) is 0 Å². The van der Waals surface area contributed by atoms with Gasteiger partial charge in [-0.1, -0.05) is 49.4 Å². The Labute approximate surface area is 129 Å². The lowest BCUT2D eigenvalue weighted by atomic mass is 9.96. The van der Waals surface area contributed by atoms with Crippen molar-refractivity contribution in [3.8, 4) is 5.75 Å². The molecule has 22 heavy (non-hydrogen) atoms. The van der Waals surface area contributed by atoms with Crippen molar-refractivity contribution in [1.29, 1.82) is 0 Å². The van der Waals surface area contributed by atoms with Gasteiger partial charge in [0.1, 0.15) is 5.75 Å². The number of carbonyl (C=O) groups is 2. The standard InChI is InChI=1S/C17H18N2O3/c1-2-13(12-8-4-3-5-9-12)16(21)18-19-17(22)14-10-6-7-11-15(14)20/h3-11,13,20H,2H2,1H3,(H,18,21)(H,19,22). The highest BCUT2D eigenvalue weighted by atomic mass is 16.3. The smallest absolute Gasteiger partial charge is 0.273 e. The van der Waals surface area contributed by atoms with Gasteiger partial charge in [0.25, 0.3) is 5.91 Å². The molecule has 0 aliphatic rings. The Hall–Kier alpha value is -2.82. The molecule has 1 atom stereocenters. The minimum Gasteiger partial charge on any atom is -0.507 e. The molecule has 0 aliphatic heterocycles. The molecular weight excluding hydrogens is 280 g/mol. The molecule has 0 bridgehead atoms. The first-order chi connectivity index (χ1) is 10.6. The third-order valence-corrected chi connectivity index (χ3v) is 3.37. The van der Waals surface area contributed by atoms with E-state index < -0.39 is 5.91 Å². The molecule has 0 spiro atoms. The van der Waals surface area contributed by atoms with Gasteiger partial charge in [-0.25, -0.2) is 0 Å². The second-order valence-electron chi connectivity index (χ2n) is 4.83. The van der Waals surface area contributed by atoms with Gasteiger partial charge in [0.15, 0.2) is 0 Å². The summed E-state index contributed by atoms with van der Waals surface area (Å²) in [6.07, 6.45) is 0.613. The molecule has 2 aromatic carbocycles. The van der Waals surface area contributed by atoms with Crippen LogP contribution < -0.4 is 10.9 Å². The van der Waals surface area contributed by atoms with Gasteiger partial charge in [0.05, 0.1) is 11.5 Å². The molecule has 0 fully saturated rings. The fourth-order valence-electron chi connectivity index (χ4n) is 2.20. The normalized spacial score (nSPS) is 11.5. The Balaban J connectivity index is 2.00. The summed E-state index contributed by atoms with van der Waals surface area (Å²) >= 11 is 0. The van der Waals surface area contributed by atoms with Crippen LogP contribution in [0.2, 0.25) is 0 Å². The highest BCUT2D eigenvalue weighted by Gasteiger charge is 2.19. The number of phenolic OH excluding ortho intramolecular Hbond substituents is 1. The monoisotopic (exact) mass is 298 g/mol. The van der Waals surface area contributed by atoms with E-state index in [1.165, 1.54) is 12.1 Å². The van der Waals surface area contributed by atoms with Gasteiger partial charge in [0.2, 0.25) is 5.91 Å². The molecule has 5 heteroatoms. The van der Waals surface area contributed by atoms with E-state index in [-0.39, 0.29) is 23.1 Å². The molecule has 0 aliphatic carbocycles. The summed E-state index contributed by atoms with van der Waals surface area (Å²) in [6, 6.07) is 15.5. The summed E-state index contributed by atoms with van der Waals surface area (Å²) in [5.41, 5.74) is 5.73. The fraction of sp³-hybridized carbons (Fsp3) is 0.176. The van der Waals surface area contributed by atoms with Gasteiger partial charge in [-0.2, -0.15) is 0 Å². The number of phenols is 1. The molecule has 2 aromatic rings. The lowest BCUT2D eigenvalue weighted by Crippen LogP contribution is -2.43. The van der Waals surface area contributed by atoms with Crippen LogP contribution >= 0.6 is 0 Å². The first kappa shape index (κ1) is 15.6. The third-order valence-electron chi connectivity index (χ3n) is 3.37. The molecule has 0 saturated heterocycles. The average molecular weight is 298 g/mol. The van der Waals surface area contributed by atoms with Crippen molar-refractivity contribution < 1.29 is 14.7 Å². The first-order valence-electron chi connectivity index (χ1n) is 7.06. The molecular formula is C17H18N2O3. The summed E-state index contributed by atoms with van der Waals surface area (Å²) in [6.45, 7) is 1.90. The van der Waals surface area contributed by atoms with Crippen molar-refractivity contribution in [2.24, 2.45) is 0 Å². The number of para-hydroxylation sites is 1. The van der Waals surface area contributed by atoms with Crippen molar-refractivity contribution in [2.75, 3.05) is 0 Å². The fourth-order valence-corrected chi connectivity index (χ4v) is 2.20. The van der Waals surface area contributed by atoms with Crippen LogP contribution in [0.3, 0.4) is 0 Å². The minimum atomic E-state index is -0.561. The molecule has 0 aromatic heterocycles. The molecule has 3 N–H and O–H groups in total. The van der Waals surface area contributed by atoms with Gasteiger partial charge in [0, 0.05) is 0 Å². The minimum absolute atomic E-state index is 0.107. The number of hydrazine groups is 1. The molecule has 1 unspecified atom stereocenters. The van der Waals surface area contributed by atoms with Crippen LogP contribution in [-0.4, -0.2) is 16.9 Å². The molecule has 5 nitrogen and oxygen atoms in total. The molecule has 0 radical (unpaired) electrons. The van der Waals surface area contributed by atoms with Gasteiger partial charge in [-0.3, -0.25) is 20.4 Å². The van der Waals surface area contributed by atoms with Crippen LogP contribution in [0.15, 0.2) is 54.6 Å². The van der Waals surface area contributed by atoms with Crippen molar-refractivity contribution in [1.82, 2.24) is 10.9 Å². The number of hydrogen-bond donors (Lipinski definition) is 3. The number of rotatable bonds is 4. The summed E-state index contributed by atoms with van der Waals surface area (Å²) in [5, 5.41) is 9.61. The SMILES string of the molecule is CCC(C(=O)NNC(=O)c1ccccc1O)c1ccccc1. The van der Waals surface area contributed by atoms with E-state index in [9.17, 15) is 14.7 Å². The second kappa shape index (κ2) is 7.26. The number of hydrogen-bond acceptors (Lipinski definition) is 3. The van der Waals surface area contributed by atoms with E-state index in [1.54, 1.807) is 12.1 Å². The van der Waals surface area contributed by atoms with Crippen molar-refractivity contribution in [2.45, 2.75) is 19.3 Å². The van der Waals surface area contributed by atoms with Crippen LogP contribution in [0.4, 0.5) is 0 Å². The average Bonchev–Trinajstić information content (AvgIpc) is 2.55. The summed E-state index contributed by atoms with van der Waals surface area (Å²) in [7, 11) is 0. The predicted molar refractivity (Wildman–Crippen MR) is 83.2 cm³/mol. The Morgan fingerprint density at radius 2 is 1.64 bits per heavy atom. The van der Waals surface area contributed by atoms with Crippen LogP contribution in [-0.2, 0) is 4.79 Å². The summed E-state index contributed by atoms with van der Waals surface area (Å²) in [4.78, 5) is 24.1. The number of benzene rings is 2. The van der Waals surface area contributed by atoms with E-state index in [0.29, 0.717) is 6.42 Å². The maximum absolute atomic E-state index is 12.2. The van der Waals surface area contributed by atoms with Crippen LogP contribution in [0.1, 0.15) is 35.2 Å². The van der Waals surface area contributed by atoms with Gasteiger partial charge < -0.3 is 5.11 Å². The third kappa shape index (κ3) is 3.63. The van der Waals surface area contributed by atoms with Crippen LogP contribution in [0.25, 0.3) is 0 Å². The van der Waals surface area contributed by atoms with Crippen molar-refractivity contribution in [3.05, 3.63) is 65.7 Å². The Bertz CT molecular complexity index is 656. The molecule has 114 valence electrons. The second-order valence-corrected chi connectivity index (χ2v) is 4.83. The highest BCUT2D eigenvalue weighted by Crippen LogP contribution is 2.19. The lowest BCUT2D eigenvalue weighted by Gasteiger charge is -2.16. The summed E-state index contributed by atoms with van der Waals surface area (Å²) in [5.74, 6) is -1.33. The van der Waals surface area contributed by atoms with Crippen LogP contribution in [0, 0.1) is 0 Å². The first-order valence-corrected chi connectivity index (χ1v) is 7.06. The van der Waals surface area contributed by atoms with E-state index in [0.717, 1.165) is 5.56 Å². The Morgan fingerprint density at radius 3 is 2.27 bits per heavy atom. The lowest BCUT2D eigenvalue weighted by molar-refractivity contribution is -0.123. The zero-order chi connectivity index (χ0) is 15.9. The highest BCUT2D eigenvalue weighted by molar-refractivity contribution is 5.98. The molecule has 2 amide bonds. The Morgan fingerprint density at radius 1 is 1.00 bits per heavy atom. The zero-order valence-electron chi connectivity index (χ0n) is 12.2. The van der Waals surface area contributed by atoms with E-state index in [2.05, 4.69) is 10.9 Å².